The van der Waals surface area contributed by atoms with Gasteiger partial charge in [-0.2, -0.15) is 15.5 Å². The molecule has 6 heteroatoms. The molecule has 1 unspecified atom stereocenters. The van der Waals surface area contributed by atoms with Gasteiger partial charge in [0.25, 0.3) is 0 Å². The normalized spacial score (nSPS) is 28.1. The Bertz CT molecular complexity index is 268. The van der Waals surface area contributed by atoms with Gasteiger partial charge in [-0.3, -0.25) is 0 Å². The maximum atomic E-state index is 10.8. The van der Waals surface area contributed by atoms with Crippen molar-refractivity contribution in [2.24, 2.45) is 10.1 Å². The Labute approximate surface area is 62.7 Å². The van der Waals surface area contributed by atoms with Crippen LogP contribution >= 0.6 is 0 Å². The van der Waals surface area contributed by atoms with Crippen molar-refractivity contribution in [1.82, 2.24) is 16.3 Å². The number of urea groups is 1. The van der Waals surface area contributed by atoms with E-state index in [4.69, 9.17) is 0 Å². The summed E-state index contributed by atoms with van der Waals surface area (Å²) < 4.78 is 0. The van der Waals surface area contributed by atoms with Gasteiger partial charge >= 0.3 is 6.03 Å². The zero-order valence-corrected chi connectivity index (χ0v) is 5.88. The first-order valence-electron chi connectivity index (χ1n) is 3.21. The maximum Gasteiger partial charge on any atom is 0.342 e. The lowest BCUT2D eigenvalue weighted by atomic mass is 10.2. The number of fused-ring (bicyclic) bond motifs is 1. The molecule has 0 aliphatic carbocycles. The predicted octanol–water partition coefficient (Wildman–Crippen LogP) is -1.04. The minimum Gasteiger partial charge on any atom is -0.314 e. The largest absolute Gasteiger partial charge is 0.342 e. The van der Waals surface area contributed by atoms with Gasteiger partial charge in [0.2, 0.25) is 0 Å². The van der Waals surface area contributed by atoms with Crippen molar-refractivity contribution < 1.29 is 4.79 Å². The highest BCUT2D eigenvalue weighted by Crippen LogP contribution is 2.00. The van der Waals surface area contributed by atoms with Crippen LogP contribution in [0.3, 0.4) is 0 Å². The Morgan fingerprint density at radius 1 is 1.55 bits per heavy atom. The van der Waals surface area contributed by atoms with Crippen LogP contribution in [0, 0.1) is 0 Å². The number of nitrogens with one attached hydrogen (secondary N) is 3. The van der Waals surface area contributed by atoms with Gasteiger partial charge in [-0.1, -0.05) is 0 Å². The third-order valence-electron chi connectivity index (χ3n) is 1.57. The number of carbonyl (C=O) groups excluding carboxylic acids is 1. The van der Waals surface area contributed by atoms with Gasteiger partial charge < -0.3 is 5.32 Å². The van der Waals surface area contributed by atoms with E-state index in [9.17, 15) is 4.79 Å². The second kappa shape index (κ2) is 2.03. The fourth-order valence-electron chi connectivity index (χ4n) is 1.05. The summed E-state index contributed by atoms with van der Waals surface area (Å²) in [6, 6.07) is -0.331. The highest BCUT2D eigenvalue weighted by atomic mass is 16.2. The molecule has 0 saturated heterocycles. The van der Waals surface area contributed by atoms with Gasteiger partial charge in [-0.05, 0) is 6.92 Å². The van der Waals surface area contributed by atoms with E-state index in [1.54, 1.807) is 6.92 Å². The molecule has 0 aromatic heterocycles. The van der Waals surface area contributed by atoms with Crippen molar-refractivity contribution in [2.75, 3.05) is 0 Å². The van der Waals surface area contributed by atoms with E-state index >= 15 is 0 Å². The molecule has 11 heavy (non-hydrogen) atoms. The number of hydrogen-bond donors (Lipinski definition) is 3. The molecule has 0 aromatic carbocycles. The average Bonchev–Trinajstić information content (AvgIpc) is 2.34. The number of rotatable bonds is 0. The molecule has 0 radical (unpaired) electrons. The zero-order valence-electron chi connectivity index (χ0n) is 5.88. The van der Waals surface area contributed by atoms with Crippen LogP contribution < -0.4 is 16.3 Å². The first kappa shape index (κ1) is 6.29. The van der Waals surface area contributed by atoms with Crippen LogP contribution in [-0.4, -0.2) is 23.6 Å². The SMILES string of the molecule is CC1=NC(=O)NC2NNN=C12. The minimum absolute atomic E-state index is 0.222. The van der Waals surface area contributed by atoms with E-state index in [1.807, 2.05) is 0 Å². The van der Waals surface area contributed by atoms with Crippen LogP contribution in [0.15, 0.2) is 10.1 Å². The van der Waals surface area contributed by atoms with Crippen LogP contribution in [0.25, 0.3) is 0 Å². The topological polar surface area (TPSA) is 77.9 Å². The molecule has 2 amide bonds. The molecule has 1 atom stereocenters. The molecule has 6 nitrogen and oxygen atoms in total. The standard InChI is InChI=1S/C5H7N5O/c1-2-3-4(9-10-8-3)7-5(11)6-2/h4,9-10H,1H3,(H,7,11). The second-order valence-corrected chi connectivity index (χ2v) is 2.33. The quantitative estimate of drug-likeness (QED) is 0.416. The van der Waals surface area contributed by atoms with Crippen molar-refractivity contribution in [3.05, 3.63) is 0 Å². The van der Waals surface area contributed by atoms with Crippen molar-refractivity contribution in [3.8, 4) is 0 Å². The molecule has 2 aliphatic heterocycles. The second-order valence-electron chi connectivity index (χ2n) is 2.33. The van der Waals surface area contributed by atoms with Crippen LogP contribution in [0.2, 0.25) is 0 Å². The maximum absolute atomic E-state index is 10.8. The van der Waals surface area contributed by atoms with Gasteiger partial charge in [-0.15, -0.1) is 0 Å². The lowest BCUT2D eigenvalue weighted by Gasteiger charge is -2.16. The third-order valence-corrected chi connectivity index (χ3v) is 1.57. The molecular formula is C5H7N5O. The molecule has 58 valence electrons. The molecular weight excluding hydrogens is 146 g/mol. The summed E-state index contributed by atoms with van der Waals surface area (Å²) in [6.45, 7) is 1.75. The molecule has 0 fully saturated rings. The summed E-state index contributed by atoms with van der Waals surface area (Å²) in [4.78, 5) is 14.5. The first-order chi connectivity index (χ1) is 5.27. The smallest absolute Gasteiger partial charge is 0.314 e. The van der Waals surface area contributed by atoms with E-state index in [1.165, 1.54) is 0 Å². The summed E-state index contributed by atoms with van der Waals surface area (Å²) in [5.74, 6) is 0. The molecule has 0 saturated carbocycles. The number of hydrogen-bond acceptors (Lipinski definition) is 4. The summed E-state index contributed by atoms with van der Waals surface area (Å²) in [7, 11) is 0. The van der Waals surface area contributed by atoms with E-state index in [0.29, 0.717) is 5.71 Å². The van der Waals surface area contributed by atoms with Crippen molar-refractivity contribution >= 4 is 17.5 Å². The summed E-state index contributed by atoms with van der Waals surface area (Å²) in [6.07, 6.45) is -0.222. The van der Waals surface area contributed by atoms with Crippen molar-refractivity contribution in [3.63, 3.8) is 0 Å². The van der Waals surface area contributed by atoms with Crippen molar-refractivity contribution in [2.45, 2.75) is 13.1 Å². The molecule has 2 heterocycles. The molecule has 0 aromatic rings. The Kier molecular flexibility index (Phi) is 1.16. The first-order valence-corrected chi connectivity index (χ1v) is 3.21. The number of nitrogens with zero attached hydrogens (tertiary/aromatic N) is 2. The fourth-order valence-corrected chi connectivity index (χ4v) is 1.05. The van der Waals surface area contributed by atoms with Gasteiger partial charge in [0, 0.05) is 0 Å². The molecule has 0 bridgehead atoms. The highest BCUT2D eigenvalue weighted by molar-refractivity contribution is 6.46. The van der Waals surface area contributed by atoms with Gasteiger partial charge in [0.15, 0.2) is 0 Å². The number of carbonyl (C=O) groups is 1. The highest BCUT2D eigenvalue weighted by Gasteiger charge is 2.28. The summed E-state index contributed by atoms with van der Waals surface area (Å²) in [5.41, 5.74) is 6.70. The number of hydrazine groups is 1. The van der Waals surface area contributed by atoms with E-state index < -0.39 is 0 Å². The Hall–Kier alpha value is -1.43. The fraction of sp³-hybridized carbons (Fsp3) is 0.400. The minimum atomic E-state index is -0.331. The number of aliphatic imine (C=N–C) groups is 1. The average molecular weight is 153 g/mol. The lowest BCUT2D eigenvalue weighted by molar-refractivity contribution is 0.246. The van der Waals surface area contributed by atoms with Crippen LogP contribution in [-0.2, 0) is 0 Å². The van der Waals surface area contributed by atoms with Crippen LogP contribution in [0.4, 0.5) is 4.79 Å². The Morgan fingerprint density at radius 3 is 3.18 bits per heavy atom. The molecule has 3 N–H and O–H groups in total. The van der Waals surface area contributed by atoms with Gasteiger partial charge in [-0.25, -0.2) is 10.3 Å². The number of amides is 2. The molecule has 0 spiro atoms. The summed E-state index contributed by atoms with van der Waals surface area (Å²) in [5, 5.41) is 6.46. The zero-order chi connectivity index (χ0) is 7.84. The van der Waals surface area contributed by atoms with Crippen LogP contribution in [0.1, 0.15) is 6.92 Å². The van der Waals surface area contributed by atoms with E-state index in [0.717, 1.165) is 5.71 Å². The summed E-state index contributed by atoms with van der Waals surface area (Å²) >= 11 is 0. The van der Waals surface area contributed by atoms with E-state index in [-0.39, 0.29) is 12.2 Å². The van der Waals surface area contributed by atoms with Gasteiger partial charge in [0.05, 0.1) is 5.71 Å². The lowest BCUT2D eigenvalue weighted by Crippen LogP contribution is -2.52. The van der Waals surface area contributed by atoms with Crippen molar-refractivity contribution in [1.29, 1.82) is 0 Å². The van der Waals surface area contributed by atoms with Gasteiger partial charge in [0.1, 0.15) is 11.9 Å². The van der Waals surface area contributed by atoms with Crippen LogP contribution in [0.5, 0.6) is 0 Å². The van der Waals surface area contributed by atoms with E-state index in [2.05, 4.69) is 26.4 Å². The third kappa shape index (κ3) is 0.874. The number of hydrazone groups is 1. The molecule has 2 rings (SSSR count). The Morgan fingerprint density at radius 2 is 2.36 bits per heavy atom. The Balaban J connectivity index is 2.36. The molecule has 2 aliphatic rings. The predicted molar refractivity (Wildman–Crippen MR) is 39.1 cm³/mol. The monoisotopic (exact) mass is 153 g/mol.